The quantitative estimate of drug-likeness (QED) is 0.319. The third kappa shape index (κ3) is 5.90. The molecule has 0 bridgehead atoms. The smallest absolute Gasteiger partial charge is 0.276 e. The van der Waals surface area contributed by atoms with Crippen LogP contribution >= 0.6 is 11.6 Å². The molecule has 0 aliphatic carbocycles. The van der Waals surface area contributed by atoms with Crippen LogP contribution in [0.2, 0.25) is 5.02 Å². The number of amides is 3. The maximum Gasteiger partial charge on any atom is 0.276 e. The van der Waals surface area contributed by atoms with Gasteiger partial charge in [0.15, 0.2) is 5.69 Å². The number of nitrogens with one attached hydrogen (secondary N) is 5. The SMILES string of the molecule is CNCCNC(=O)c1[nH]cnc1C(=O)Nc1ccc(NC(=O)c2ccc(F)cc2Cl)c(F)c1. The molecule has 2 aromatic carbocycles. The maximum absolute atomic E-state index is 14.5. The van der Waals surface area contributed by atoms with E-state index in [0.29, 0.717) is 13.1 Å². The van der Waals surface area contributed by atoms with Gasteiger partial charge in [0.1, 0.15) is 17.3 Å². The number of hydrogen-bond acceptors (Lipinski definition) is 5. The first-order valence-electron chi connectivity index (χ1n) is 9.63. The van der Waals surface area contributed by atoms with E-state index in [4.69, 9.17) is 11.6 Å². The van der Waals surface area contributed by atoms with Gasteiger partial charge in [-0.25, -0.2) is 13.8 Å². The molecular weight excluding hydrogens is 458 g/mol. The normalized spacial score (nSPS) is 10.5. The largest absolute Gasteiger partial charge is 0.349 e. The number of anilines is 2. The lowest BCUT2D eigenvalue weighted by atomic mass is 10.2. The molecule has 33 heavy (non-hydrogen) atoms. The summed E-state index contributed by atoms with van der Waals surface area (Å²) in [5, 5.41) is 10.1. The molecule has 0 spiro atoms. The fourth-order valence-corrected chi connectivity index (χ4v) is 3.03. The first-order valence-corrected chi connectivity index (χ1v) is 10.0. The first-order chi connectivity index (χ1) is 15.8. The number of benzene rings is 2. The fourth-order valence-electron chi connectivity index (χ4n) is 2.78. The molecule has 0 saturated carbocycles. The monoisotopic (exact) mass is 476 g/mol. The van der Waals surface area contributed by atoms with E-state index in [1.165, 1.54) is 24.5 Å². The molecular formula is C21H19ClF2N6O3. The molecule has 0 atom stereocenters. The zero-order valence-electron chi connectivity index (χ0n) is 17.3. The van der Waals surface area contributed by atoms with E-state index in [-0.39, 0.29) is 33.3 Å². The summed E-state index contributed by atoms with van der Waals surface area (Å²) in [6.45, 7) is 0.883. The van der Waals surface area contributed by atoms with Gasteiger partial charge in [0.25, 0.3) is 17.7 Å². The lowest BCUT2D eigenvalue weighted by Gasteiger charge is -2.10. The van der Waals surface area contributed by atoms with Crippen molar-refractivity contribution in [1.82, 2.24) is 20.6 Å². The number of likely N-dealkylation sites (N-methyl/N-ethyl adjacent to an activating group) is 1. The molecule has 3 aromatic rings. The van der Waals surface area contributed by atoms with E-state index in [2.05, 4.69) is 31.2 Å². The molecule has 5 N–H and O–H groups in total. The van der Waals surface area contributed by atoms with Crippen molar-refractivity contribution in [2.75, 3.05) is 30.8 Å². The van der Waals surface area contributed by atoms with Crippen LogP contribution in [0.5, 0.6) is 0 Å². The molecule has 0 fully saturated rings. The topological polar surface area (TPSA) is 128 Å². The Balaban J connectivity index is 1.68. The van der Waals surface area contributed by atoms with E-state index in [9.17, 15) is 23.2 Å². The minimum Gasteiger partial charge on any atom is -0.349 e. The Morgan fingerprint density at radius 1 is 1.00 bits per heavy atom. The van der Waals surface area contributed by atoms with Gasteiger partial charge in [0.05, 0.1) is 22.6 Å². The van der Waals surface area contributed by atoms with Crippen LogP contribution in [0, 0.1) is 11.6 Å². The van der Waals surface area contributed by atoms with Crippen molar-refractivity contribution in [2.24, 2.45) is 0 Å². The van der Waals surface area contributed by atoms with Crippen LogP contribution in [-0.4, -0.2) is 47.8 Å². The van der Waals surface area contributed by atoms with Crippen LogP contribution in [0.25, 0.3) is 0 Å². The number of carbonyl (C=O) groups is 3. The summed E-state index contributed by atoms with van der Waals surface area (Å²) in [6.07, 6.45) is 1.20. The minimum absolute atomic E-state index is 0.0334. The Kier molecular flexibility index (Phi) is 7.70. The summed E-state index contributed by atoms with van der Waals surface area (Å²) in [6, 6.07) is 6.77. The number of nitrogens with zero attached hydrogens (tertiary/aromatic N) is 1. The van der Waals surface area contributed by atoms with Gasteiger partial charge in [-0.3, -0.25) is 14.4 Å². The van der Waals surface area contributed by atoms with Crippen LogP contribution in [-0.2, 0) is 0 Å². The van der Waals surface area contributed by atoms with Gasteiger partial charge in [0, 0.05) is 18.8 Å². The number of imidazole rings is 1. The summed E-state index contributed by atoms with van der Waals surface area (Å²) in [7, 11) is 1.73. The summed E-state index contributed by atoms with van der Waals surface area (Å²) >= 11 is 5.85. The second-order valence-electron chi connectivity index (χ2n) is 6.71. The van der Waals surface area contributed by atoms with Gasteiger partial charge < -0.3 is 26.3 Å². The van der Waals surface area contributed by atoms with Gasteiger partial charge >= 0.3 is 0 Å². The van der Waals surface area contributed by atoms with E-state index in [0.717, 1.165) is 18.2 Å². The van der Waals surface area contributed by atoms with E-state index >= 15 is 0 Å². The van der Waals surface area contributed by atoms with Gasteiger partial charge in [-0.05, 0) is 43.4 Å². The molecule has 1 aromatic heterocycles. The summed E-state index contributed by atoms with van der Waals surface area (Å²) in [5.41, 5.74) is -0.346. The Bertz CT molecular complexity index is 1200. The van der Waals surface area contributed by atoms with E-state index in [1.54, 1.807) is 7.05 Å². The highest BCUT2D eigenvalue weighted by Gasteiger charge is 2.21. The first kappa shape index (κ1) is 23.8. The number of aromatic nitrogens is 2. The number of hydrogen-bond donors (Lipinski definition) is 5. The average molecular weight is 477 g/mol. The molecule has 9 nitrogen and oxygen atoms in total. The minimum atomic E-state index is -0.841. The van der Waals surface area contributed by atoms with Gasteiger partial charge in [-0.2, -0.15) is 0 Å². The molecule has 1 heterocycles. The van der Waals surface area contributed by atoms with Crippen molar-refractivity contribution < 1.29 is 23.2 Å². The standard InChI is InChI=1S/C21H19ClF2N6O3/c1-25-6-7-26-20(32)17-18(28-10-27-17)21(33)29-12-3-5-16(15(24)9-12)30-19(31)13-4-2-11(23)8-14(13)22/h2-5,8-10,25H,6-7H2,1H3,(H,26,32)(H,27,28)(H,29,33)(H,30,31). The van der Waals surface area contributed by atoms with Crippen molar-refractivity contribution in [2.45, 2.75) is 0 Å². The fraction of sp³-hybridized carbons (Fsp3) is 0.143. The molecule has 172 valence electrons. The lowest BCUT2D eigenvalue weighted by molar-refractivity contribution is 0.0935. The van der Waals surface area contributed by atoms with E-state index in [1.807, 2.05) is 0 Å². The van der Waals surface area contributed by atoms with E-state index < -0.39 is 29.4 Å². The number of halogens is 3. The zero-order chi connectivity index (χ0) is 24.0. The van der Waals surface area contributed by atoms with Crippen LogP contribution in [0.1, 0.15) is 31.3 Å². The molecule has 0 radical (unpaired) electrons. The molecule has 0 saturated heterocycles. The Labute approximate surface area is 191 Å². The van der Waals surface area contributed by atoms with Crippen LogP contribution in [0.15, 0.2) is 42.7 Å². The van der Waals surface area contributed by atoms with Gasteiger partial charge in [0.2, 0.25) is 0 Å². The summed E-state index contributed by atoms with van der Waals surface area (Å²) in [4.78, 5) is 43.5. The van der Waals surface area contributed by atoms with Crippen molar-refractivity contribution in [3.8, 4) is 0 Å². The lowest BCUT2D eigenvalue weighted by Crippen LogP contribution is -2.32. The third-order valence-electron chi connectivity index (χ3n) is 4.39. The van der Waals surface area contributed by atoms with Crippen molar-refractivity contribution >= 4 is 40.7 Å². The van der Waals surface area contributed by atoms with Crippen LogP contribution in [0.4, 0.5) is 20.2 Å². The number of rotatable bonds is 8. The molecule has 3 rings (SSSR count). The molecule has 0 unspecified atom stereocenters. The second-order valence-corrected chi connectivity index (χ2v) is 7.12. The molecule has 12 heteroatoms. The maximum atomic E-state index is 14.5. The molecule has 3 amide bonds. The number of aromatic amines is 1. The van der Waals surface area contributed by atoms with Gasteiger partial charge in [-0.15, -0.1) is 0 Å². The second kappa shape index (κ2) is 10.7. The molecule has 0 aliphatic rings. The predicted octanol–water partition coefficient (Wildman–Crippen LogP) is 2.80. The van der Waals surface area contributed by atoms with Crippen LogP contribution in [0.3, 0.4) is 0 Å². The Morgan fingerprint density at radius 2 is 1.79 bits per heavy atom. The third-order valence-corrected chi connectivity index (χ3v) is 4.71. The van der Waals surface area contributed by atoms with Gasteiger partial charge in [-0.1, -0.05) is 11.6 Å². The predicted molar refractivity (Wildman–Crippen MR) is 119 cm³/mol. The van der Waals surface area contributed by atoms with Crippen molar-refractivity contribution in [3.63, 3.8) is 0 Å². The highest BCUT2D eigenvalue weighted by atomic mass is 35.5. The summed E-state index contributed by atoms with van der Waals surface area (Å²) in [5.74, 6) is -3.44. The Hall–Kier alpha value is -3.83. The zero-order valence-corrected chi connectivity index (χ0v) is 18.0. The molecule has 0 aliphatic heterocycles. The highest BCUT2D eigenvalue weighted by molar-refractivity contribution is 6.34. The summed E-state index contributed by atoms with van der Waals surface area (Å²) < 4.78 is 27.7. The number of H-pyrrole nitrogens is 1. The Morgan fingerprint density at radius 3 is 2.48 bits per heavy atom. The van der Waals surface area contributed by atoms with Crippen LogP contribution < -0.4 is 21.3 Å². The number of carbonyl (C=O) groups excluding carboxylic acids is 3. The van der Waals surface area contributed by atoms with Crippen molar-refractivity contribution in [1.29, 1.82) is 0 Å². The highest BCUT2D eigenvalue weighted by Crippen LogP contribution is 2.23. The average Bonchev–Trinajstić information content (AvgIpc) is 3.26. The van der Waals surface area contributed by atoms with Crippen molar-refractivity contribution in [3.05, 3.63) is 76.3 Å².